The van der Waals surface area contributed by atoms with Crippen molar-refractivity contribution >= 4 is 28.3 Å². The van der Waals surface area contributed by atoms with E-state index in [1.165, 1.54) is 12.8 Å². The molecule has 6 heteroatoms. The summed E-state index contributed by atoms with van der Waals surface area (Å²) in [6.45, 7) is 0. The zero-order chi connectivity index (χ0) is 18.8. The van der Waals surface area contributed by atoms with Gasteiger partial charge in [0, 0.05) is 28.1 Å². The molecule has 0 saturated heterocycles. The summed E-state index contributed by atoms with van der Waals surface area (Å²) in [7, 11) is 3.26. The first-order chi connectivity index (χ1) is 13.2. The van der Waals surface area contributed by atoms with Gasteiger partial charge >= 0.3 is 0 Å². The van der Waals surface area contributed by atoms with E-state index in [0.29, 0.717) is 28.4 Å². The fourth-order valence-electron chi connectivity index (χ4n) is 3.56. The number of methoxy groups -OCH3 is 2. The van der Waals surface area contributed by atoms with E-state index in [2.05, 4.69) is 5.32 Å². The van der Waals surface area contributed by atoms with Gasteiger partial charge in [-0.1, -0.05) is 24.4 Å². The van der Waals surface area contributed by atoms with E-state index in [1.807, 2.05) is 36.4 Å². The maximum Gasteiger partial charge on any atom is 0.162 e. The van der Waals surface area contributed by atoms with Crippen LogP contribution in [0.1, 0.15) is 25.7 Å². The summed E-state index contributed by atoms with van der Waals surface area (Å²) in [4.78, 5) is 9.60. The predicted molar refractivity (Wildman–Crippen MR) is 109 cm³/mol. The predicted octanol–water partition coefficient (Wildman–Crippen LogP) is 5.32. The van der Waals surface area contributed by atoms with Crippen LogP contribution in [0, 0.1) is 0 Å². The lowest BCUT2D eigenvalue weighted by Crippen LogP contribution is -2.16. The molecule has 0 spiro atoms. The number of benzene rings is 2. The average Bonchev–Trinajstić information content (AvgIpc) is 3.20. The maximum atomic E-state index is 6.03. The van der Waals surface area contributed by atoms with E-state index in [4.69, 9.17) is 31.0 Å². The molecule has 0 amide bonds. The van der Waals surface area contributed by atoms with Crippen LogP contribution in [-0.2, 0) is 0 Å². The van der Waals surface area contributed by atoms with Crippen LogP contribution in [0.25, 0.3) is 22.3 Å². The third kappa shape index (κ3) is 3.65. The van der Waals surface area contributed by atoms with Crippen molar-refractivity contribution in [2.24, 2.45) is 0 Å². The number of nitrogens with zero attached hydrogens (tertiary/aromatic N) is 2. The van der Waals surface area contributed by atoms with E-state index < -0.39 is 0 Å². The second-order valence-corrected chi connectivity index (χ2v) is 7.19. The Kier molecular flexibility index (Phi) is 5.03. The first kappa shape index (κ1) is 17.9. The molecule has 3 aromatic rings. The molecule has 1 heterocycles. The molecular formula is C21H22ClN3O2. The summed E-state index contributed by atoms with van der Waals surface area (Å²) in [6.07, 6.45) is 4.83. The fraction of sp³-hybridized carbons (Fsp3) is 0.333. The van der Waals surface area contributed by atoms with Crippen LogP contribution in [0.2, 0.25) is 5.02 Å². The number of aromatic nitrogens is 2. The lowest BCUT2D eigenvalue weighted by atomic mass is 10.1. The summed E-state index contributed by atoms with van der Waals surface area (Å²) in [5.74, 6) is 2.81. The number of rotatable bonds is 5. The Balaban J connectivity index is 1.87. The van der Waals surface area contributed by atoms with Crippen LogP contribution < -0.4 is 14.8 Å². The molecular weight excluding hydrogens is 362 g/mol. The zero-order valence-electron chi connectivity index (χ0n) is 15.5. The normalized spacial score (nSPS) is 14.5. The van der Waals surface area contributed by atoms with Crippen LogP contribution in [-0.4, -0.2) is 30.2 Å². The summed E-state index contributed by atoms with van der Waals surface area (Å²) >= 11 is 6.03. The highest BCUT2D eigenvalue weighted by Gasteiger charge is 2.19. The minimum Gasteiger partial charge on any atom is -0.493 e. The smallest absolute Gasteiger partial charge is 0.162 e. The Morgan fingerprint density at radius 2 is 1.63 bits per heavy atom. The summed E-state index contributed by atoms with van der Waals surface area (Å²) < 4.78 is 10.9. The molecule has 0 radical (unpaired) electrons. The summed E-state index contributed by atoms with van der Waals surface area (Å²) in [6, 6.07) is 11.8. The van der Waals surface area contributed by atoms with Gasteiger partial charge in [0.15, 0.2) is 17.3 Å². The molecule has 4 rings (SSSR count). The van der Waals surface area contributed by atoms with Gasteiger partial charge in [-0.3, -0.25) is 0 Å². The molecule has 1 N–H and O–H groups in total. The topological polar surface area (TPSA) is 56.3 Å². The van der Waals surface area contributed by atoms with Crippen molar-refractivity contribution < 1.29 is 9.47 Å². The highest BCUT2D eigenvalue weighted by atomic mass is 35.5. The lowest BCUT2D eigenvalue weighted by molar-refractivity contribution is 0.356. The van der Waals surface area contributed by atoms with E-state index in [0.717, 1.165) is 35.1 Å². The van der Waals surface area contributed by atoms with Crippen molar-refractivity contribution in [3.63, 3.8) is 0 Å². The molecule has 2 aromatic carbocycles. The van der Waals surface area contributed by atoms with Gasteiger partial charge in [-0.2, -0.15) is 0 Å². The highest BCUT2D eigenvalue weighted by Crippen LogP contribution is 2.36. The van der Waals surface area contributed by atoms with Gasteiger partial charge < -0.3 is 14.8 Å². The molecule has 27 heavy (non-hydrogen) atoms. The molecule has 5 nitrogen and oxygen atoms in total. The van der Waals surface area contributed by atoms with Crippen molar-refractivity contribution in [2.75, 3.05) is 19.5 Å². The molecule has 0 atom stereocenters. The van der Waals surface area contributed by atoms with Crippen molar-refractivity contribution in [1.82, 2.24) is 9.97 Å². The Labute approximate surface area is 163 Å². The first-order valence-electron chi connectivity index (χ1n) is 9.14. The highest BCUT2D eigenvalue weighted by molar-refractivity contribution is 6.30. The molecule has 1 aliphatic rings. The first-order valence-corrected chi connectivity index (χ1v) is 9.52. The van der Waals surface area contributed by atoms with Crippen molar-refractivity contribution in [1.29, 1.82) is 0 Å². The maximum absolute atomic E-state index is 6.03. The Hall–Kier alpha value is -2.53. The van der Waals surface area contributed by atoms with Gasteiger partial charge in [-0.25, -0.2) is 9.97 Å². The van der Waals surface area contributed by atoms with E-state index in [9.17, 15) is 0 Å². The monoisotopic (exact) mass is 383 g/mol. The number of nitrogens with one attached hydrogen (secondary N) is 1. The van der Waals surface area contributed by atoms with Gasteiger partial charge in [0.05, 0.1) is 19.7 Å². The van der Waals surface area contributed by atoms with Crippen molar-refractivity contribution in [3.05, 3.63) is 41.4 Å². The number of ether oxygens (including phenoxy) is 2. The lowest BCUT2D eigenvalue weighted by Gasteiger charge is -2.17. The van der Waals surface area contributed by atoms with Gasteiger partial charge in [-0.05, 0) is 43.2 Å². The van der Waals surface area contributed by atoms with Gasteiger partial charge in [0.25, 0.3) is 0 Å². The number of halogens is 1. The van der Waals surface area contributed by atoms with Gasteiger partial charge in [-0.15, -0.1) is 0 Å². The van der Waals surface area contributed by atoms with E-state index >= 15 is 0 Å². The van der Waals surface area contributed by atoms with Crippen molar-refractivity contribution in [3.8, 4) is 22.9 Å². The second-order valence-electron chi connectivity index (χ2n) is 6.75. The van der Waals surface area contributed by atoms with Crippen LogP contribution >= 0.6 is 11.6 Å². The zero-order valence-corrected chi connectivity index (χ0v) is 16.2. The van der Waals surface area contributed by atoms with Crippen molar-refractivity contribution in [2.45, 2.75) is 31.7 Å². The summed E-state index contributed by atoms with van der Waals surface area (Å²) in [5, 5.41) is 5.24. The minimum atomic E-state index is 0.439. The van der Waals surface area contributed by atoms with Crippen LogP contribution in [0.5, 0.6) is 11.5 Å². The van der Waals surface area contributed by atoms with Gasteiger partial charge in [0.2, 0.25) is 0 Å². The second kappa shape index (κ2) is 7.61. The molecule has 1 aliphatic carbocycles. The average molecular weight is 384 g/mol. The Bertz CT molecular complexity index is 954. The molecule has 0 aliphatic heterocycles. The van der Waals surface area contributed by atoms with Crippen LogP contribution in [0.15, 0.2) is 36.4 Å². The number of hydrogen-bond acceptors (Lipinski definition) is 5. The van der Waals surface area contributed by atoms with Crippen LogP contribution in [0.3, 0.4) is 0 Å². The number of fused-ring (bicyclic) bond motifs is 1. The molecule has 1 saturated carbocycles. The molecule has 1 fully saturated rings. The SMILES string of the molecule is COc1cc2nc(-c3ccc(Cl)cc3)nc(NC3CCCC3)c2cc1OC. The molecule has 0 bridgehead atoms. The molecule has 0 unspecified atom stereocenters. The molecule has 140 valence electrons. The van der Waals surface area contributed by atoms with Crippen LogP contribution in [0.4, 0.5) is 5.82 Å². The Morgan fingerprint density at radius 3 is 2.30 bits per heavy atom. The fourth-order valence-corrected chi connectivity index (χ4v) is 3.68. The minimum absolute atomic E-state index is 0.439. The molecule has 1 aromatic heterocycles. The van der Waals surface area contributed by atoms with E-state index in [-0.39, 0.29) is 0 Å². The van der Waals surface area contributed by atoms with Gasteiger partial charge in [0.1, 0.15) is 5.82 Å². The number of anilines is 1. The largest absolute Gasteiger partial charge is 0.493 e. The quantitative estimate of drug-likeness (QED) is 0.646. The third-order valence-corrected chi connectivity index (χ3v) is 5.25. The standard InChI is InChI=1S/C21H22ClN3O2/c1-26-18-11-16-17(12-19(18)27-2)24-20(13-7-9-14(22)10-8-13)25-21(16)23-15-5-3-4-6-15/h7-12,15H,3-6H2,1-2H3,(H,23,24,25). The number of hydrogen-bond donors (Lipinski definition) is 1. The Morgan fingerprint density at radius 1 is 0.963 bits per heavy atom. The van der Waals surface area contributed by atoms with E-state index in [1.54, 1.807) is 14.2 Å². The summed E-state index contributed by atoms with van der Waals surface area (Å²) in [5.41, 5.74) is 1.73. The third-order valence-electron chi connectivity index (χ3n) is 5.00.